The van der Waals surface area contributed by atoms with E-state index in [1.807, 2.05) is 24.4 Å². The van der Waals surface area contributed by atoms with Crippen molar-refractivity contribution in [1.29, 1.82) is 5.26 Å². The number of pyridine rings is 2. The molecule has 5 heterocycles. The normalized spacial score (nSPS) is 26.1. The highest BCUT2D eigenvalue weighted by Crippen LogP contribution is 2.32. The second kappa shape index (κ2) is 10.7. The number of rotatable bonds is 6. The van der Waals surface area contributed by atoms with Crippen molar-refractivity contribution in [2.24, 2.45) is 5.73 Å². The molecule has 0 unspecified atom stereocenters. The van der Waals surface area contributed by atoms with Crippen molar-refractivity contribution in [2.75, 3.05) is 62.7 Å². The van der Waals surface area contributed by atoms with Gasteiger partial charge < -0.3 is 25.0 Å². The lowest BCUT2D eigenvalue weighted by atomic mass is 9.92. The van der Waals surface area contributed by atoms with Crippen LogP contribution < -0.4 is 21.1 Å². The van der Waals surface area contributed by atoms with Crippen LogP contribution >= 0.6 is 0 Å². The van der Waals surface area contributed by atoms with Crippen molar-refractivity contribution in [3.63, 3.8) is 0 Å². The SMILES string of the molecule is [B]c1ccc2c(N3C[C@H](CN4CC(c5ccc(N6C[C@@H](N)[C@H](OC)C6)nc5)C4)O[C@H](C)C3)ccc(C#N)c2n1. The summed E-state index contributed by atoms with van der Waals surface area (Å²) in [5.74, 6) is 1.44. The highest BCUT2D eigenvalue weighted by molar-refractivity contribution is 6.31. The fraction of sp³-hybridized carbons (Fsp3) is 0.483. The largest absolute Gasteiger partial charge is 0.378 e. The molecule has 200 valence electrons. The van der Waals surface area contributed by atoms with E-state index < -0.39 is 0 Å². The van der Waals surface area contributed by atoms with Crippen LogP contribution in [0.1, 0.15) is 24.0 Å². The Labute approximate surface area is 230 Å². The summed E-state index contributed by atoms with van der Waals surface area (Å²) >= 11 is 0. The minimum Gasteiger partial charge on any atom is -0.378 e. The summed E-state index contributed by atoms with van der Waals surface area (Å²) in [7, 11) is 7.64. The molecule has 39 heavy (non-hydrogen) atoms. The Bertz CT molecular complexity index is 1370. The van der Waals surface area contributed by atoms with E-state index in [1.165, 1.54) is 5.56 Å². The summed E-state index contributed by atoms with van der Waals surface area (Å²) in [6.07, 6.45) is 2.26. The molecule has 6 rings (SSSR count). The quantitative estimate of drug-likeness (QED) is 0.477. The first-order chi connectivity index (χ1) is 18.9. The molecule has 1 aromatic carbocycles. The molecule has 10 heteroatoms. The van der Waals surface area contributed by atoms with Crippen molar-refractivity contribution in [1.82, 2.24) is 14.9 Å². The van der Waals surface area contributed by atoms with E-state index in [4.69, 9.17) is 28.0 Å². The van der Waals surface area contributed by atoms with Gasteiger partial charge >= 0.3 is 0 Å². The topological polar surface area (TPSA) is 104 Å². The number of ether oxygens (including phenoxy) is 2. The average molecular weight is 523 g/mol. The molecule has 3 fully saturated rings. The number of anilines is 2. The molecule has 9 nitrogen and oxygen atoms in total. The minimum absolute atomic E-state index is 0.0170. The molecule has 3 aliphatic heterocycles. The number of aromatic nitrogens is 2. The molecule has 0 bridgehead atoms. The van der Waals surface area contributed by atoms with Crippen LogP contribution in [0.3, 0.4) is 0 Å². The van der Waals surface area contributed by atoms with Crippen LogP contribution in [0.2, 0.25) is 0 Å². The van der Waals surface area contributed by atoms with Gasteiger partial charge in [-0.1, -0.05) is 12.1 Å². The third kappa shape index (κ3) is 5.20. The van der Waals surface area contributed by atoms with E-state index in [9.17, 15) is 5.26 Å². The van der Waals surface area contributed by atoms with Gasteiger partial charge in [0.2, 0.25) is 0 Å². The van der Waals surface area contributed by atoms with Gasteiger partial charge in [-0.05, 0) is 42.3 Å². The van der Waals surface area contributed by atoms with Crippen molar-refractivity contribution in [3.05, 3.63) is 53.7 Å². The van der Waals surface area contributed by atoms with Gasteiger partial charge in [0.25, 0.3) is 0 Å². The maximum Gasteiger partial charge on any atom is 0.141 e. The maximum absolute atomic E-state index is 9.55. The number of benzene rings is 1. The summed E-state index contributed by atoms with van der Waals surface area (Å²) in [6, 6.07) is 14.2. The van der Waals surface area contributed by atoms with Gasteiger partial charge in [0.15, 0.2) is 0 Å². The molecule has 0 saturated carbocycles. The van der Waals surface area contributed by atoms with E-state index in [2.05, 4.69) is 44.8 Å². The third-order valence-electron chi connectivity index (χ3n) is 8.24. The highest BCUT2D eigenvalue weighted by Gasteiger charge is 2.34. The Morgan fingerprint density at radius 3 is 2.64 bits per heavy atom. The number of hydrogen-bond donors (Lipinski definition) is 1. The molecule has 3 aliphatic rings. The molecule has 2 N–H and O–H groups in total. The molecule has 2 radical (unpaired) electrons. The molecule has 3 aromatic rings. The van der Waals surface area contributed by atoms with E-state index >= 15 is 0 Å². The number of methoxy groups -OCH3 is 1. The molecule has 4 atom stereocenters. The van der Waals surface area contributed by atoms with Gasteiger partial charge in [0, 0.05) is 76.1 Å². The van der Waals surface area contributed by atoms with Crippen LogP contribution in [-0.2, 0) is 9.47 Å². The zero-order valence-corrected chi connectivity index (χ0v) is 22.5. The molecule has 0 spiro atoms. The zero-order valence-electron chi connectivity index (χ0n) is 22.5. The number of fused-ring (bicyclic) bond motifs is 1. The number of likely N-dealkylation sites (tertiary alicyclic amines) is 1. The average Bonchev–Trinajstić information content (AvgIpc) is 3.30. The van der Waals surface area contributed by atoms with Gasteiger partial charge in [-0.25, -0.2) is 4.98 Å². The predicted octanol–water partition coefficient (Wildman–Crippen LogP) is 1.15. The number of hydrogen-bond acceptors (Lipinski definition) is 9. The summed E-state index contributed by atoms with van der Waals surface area (Å²) in [6.45, 7) is 8.12. The smallest absolute Gasteiger partial charge is 0.141 e. The zero-order chi connectivity index (χ0) is 27.1. The molecule has 0 amide bonds. The first-order valence-electron chi connectivity index (χ1n) is 13.6. The van der Waals surface area contributed by atoms with Crippen LogP contribution in [0.25, 0.3) is 10.9 Å². The first kappa shape index (κ1) is 26.0. The van der Waals surface area contributed by atoms with Crippen LogP contribution in [0, 0.1) is 11.3 Å². The van der Waals surface area contributed by atoms with Crippen LogP contribution in [0.5, 0.6) is 0 Å². The summed E-state index contributed by atoms with van der Waals surface area (Å²) < 4.78 is 11.8. The second-order valence-corrected chi connectivity index (χ2v) is 11.1. The number of nitriles is 1. The van der Waals surface area contributed by atoms with Crippen molar-refractivity contribution in [3.8, 4) is 6.07 Å². The second-order valence-electron chi connectivity index (χ2n) is 11.1. The van der Waals surface area contributed by atoms with Gasteiger partial charge in [0.05, 0.1) is 35.4 Å². The number of morpholine rings is 1. The Morgan fingerprint density at radius 1 is 1.08 bits per heavy atom. The summed E-state index contributed by atoms with van der Waals surface area (Å²) in [5.41, 5.74) is 10.1. The van der Waals surface area contributed by atoms with Crippen molar-refractivity contribution < 1.29 is 9.47 Å². The Hall–Kier alpha value is -3.23. The Balaban J connectivity index is 1.07. The summed E-state index contributed by atoms with van der Waals surface area (Å²) in [5, 5.41) is 10.5. The molecule has 2 aromatic heterocycles. The predicted molar refractivity (Wildman–Crippen MR) is 153 cm³/mol. The molecule has 3 saturated heterocycles. The highest BCUT2D eigenvalue weighted by atomic mass is 16.5. The van der Waals surface area contributed by atoms with E-state index in [1.54, 1.807) is 13.2 Å². The van der Waals surface area contributed by atoms with Crippen LogP contribution in [0.4, 0.5) is 11.5 Å². The lowest BCUT2D eigenvalue weighted by Crippen LogP contribution is -2.55. The van der Waals surface area contributed by atoms with Gasteiger partial charge in [0.1, 0.15) is 19.7 Å². The Morgan fingerprint density at radius 2 is 1.92 bits per heavy atom. The van der Waals surface area contributed by atoms with Crippen molar-refractivity contribution >= 4 is 35.8 Å². The third-order valence-corrected chi connectivity index (χ3v) is 8.24. The van der Waals surface area contributed by atoms with Gasteiger partial charge in [-0.2, -0.15) is 5.26 Å². The lowest BCUT2D eigenvalue weighted by Gasteiger charge is -2.45. The standard InChI is InChI=1S/C29H34BN7O2/c1-18-11-36(25-6-3-19(9-31)29-23(25)5-7-27(30)34-29)15-22(39-18)14-35-12-21(13-35)20-4-8-28(33-10-20)37-16-24(32)26(17-37)38-2/h3-8,10,18,21-22,24,26H,11-17,32H2,1-2H3/t18-,22+,24-,26-/m1/s1. The number of nitrogens with zero attached hydrogens (tertiary/aromatic N) is 6. The molecular formula is C29H34BN7O2. The van der Waals surface area contributed by atoms with Gasteiger partial charge in [-0.15, -0.1) is 0 Å². The minimum atomic E-state index is 0.0170. The lowest BCUT2D eigenvalue weighted by molar-refractivity contribution is -0.0435. The van der Waals surface area contributed by atoms with Gasteiger partial charge in [-0.3, -0.25) is 9.88 Å². The fourth-order valence-corrected chi connectivity index (χ4v) is 6.21. The van der Waals surface area contributed by atoms with E-state index in [-0.39, 0.29) is 24.4 Å². The molecule has 0 aliphatic carbocycles. The van der Waals surface area contributed by atoms with E-state index in [0.717, 1.165) is 62.7 Å². The maximum atomic E-state index is 9.55. The number of nitrogens with two attached hydrogens (primary N) is 1. The van der Waals surface area contributed by atoms with Crippen LogP contribution in [-0.4, -0.2) is 100.0 Å². The first-order valence-corrected chi connectivity index (χ1v) is 13.6. The summed E-state index contributed by atoms with van der Waals surface area (Å²) in [4.78, 5) is 16.2. The molecular weight excluding hydrogens is 489 g/mol. The Kier molecular flexibility index (Phi) is 7.17. The van der Waals surface area contributed by atoms with Crippen LogP contribution in [0.15, 0.2) is 42.6 Å². The van der Waals surface area contributed by atoms with Crippen molar-refractivity contribution in [2.45, 2.75) is 37.2 Å². The fourth-order valence-electron chi connectivity index (χ4n) is 6.21. The monoisotopic (exact) mass is 523 g/mol. The van der Waals surface area contributed by atoms with E-state index in [0.29, 0.717) is 22.6 Å².